The maximum atomic E-state index is 12.9. The van der Waals surface area contributed by atoms with E-state index >= 15 is 0 Å². The Bertz CT molecular complexity index is 961. The minimum absolute atomic E-state index is 0.200. The van der Waals surface area contributed by atoms with Crippen LogP contribution < -0.4 is 0 Å². The van der Waals surface area contributed by atoms with Crippen molar-refractivity contribution in [1.82, 2.24) is 14.2 Å². The fourth-order valence-corrected chi connectivity index (χ4v) is 4.79. The predicted octanol–water partition coefficient (Wildman–Crippen LogP) is 1.32. The van der Waals surface area contributed by atoms with Gasteiger partial charge in [-0.1, -0.05) is 12.1 Å². The lowest BCUT2D eigenvalue weighted by Gasteiger charge is -2.34. The van der Waals surface area contributed by atoms with E-state index in [1.165, 1.54) is 9.21 Å². The summed E-state index contributed by atoms with van der Waals surface area (Å²) in [6, 6.07) is 8.56. The lowest BCUT2D eigenvalue weighted by molar-refractivity contribution is -0.135. The first-order valence-corrected chi connectivity index (χ1v) is 10.4. The van der Waals surface area contributed by atoms with Crippen LogP contribution in [0, 0.1) is 13.8 Å². The van der Waals surface area contributed by atoms with E-state index in [0.29, 0.717) is 10.5 Å². The number of ether oxygens (including phenoxy) is 1. The molecule has 0 radical (unpaired) electrons. The van der Waals surface area contributed by atoms with Crippen LogP contribution in [0.2, 0.25) is 0 Å². The molecule has 28 heavy (non-hydrogen) atoms. The summed E-state index contributed by atoms with van der Waals surface area (Å²) in [6.45, 7) is 4.15. The van der Waals surface area contributed by atoms with Gasteiger partial charge in [-0.05, 0) is 43.2 Å². The molecule has 1 aromatic heterocycles. The zero-order chi connectivity index (χ0) is 20.3. The summed E-state index contributed by atoms with van der Waals surface area (Å²) >= 11 is 0. The Morgan fingerprint density at radius 3 is 2.46 bits per heavy atom. The van der Waals surface area contributed by atoms with E-state index in [0.717, 1.165) is 5.56 Å². The molecular formula is C19H23N3O5S. The SMILES string of the molecule is Cc1ccc(C)c(S(=O)(=O)N2CCN(C(=O)COC(=O)c3ccc[nH]3)CC2)c1. The van der Waals surface area contributed by atoms with E-state index in [-0.39, 0.29) is 44.4 Å². The van der Waals surface area contributed by atoms with Gasteiger partial charge in [-0.15, -0.1) is 0 Å². The Kier molecular flexibility index (Phi) is 5.85. The van der Waals surface area contributed by atoms with Gasteiger partial charge >= 0.3 is 5.97 Å². The molecule has 1 fully saturated rings. The number of rotatable bonds is 5. The van der Waals surface area contributed by atoms with Crippen molar-refractivity contribution in [2.24, 2.45) is 0 Å². The standard InChI is InChI=1S/C19H23N3O5S/c1-14-5-6-15(2)17(12-14)28(25,26)22-10-8-21(9-11-22)18(23)13-27-19(24)16-4-3-7-20-16/h3-7,12,20H,8-11,13H2,1-2H3. The second-order valence-corrected chi connectivity index (χ2v) is 8.62. The first kappa shape index (κ1) is 20.1. The van der Waals surface area contributed by atoms with Crippen LogP contribution in [0.5, 0.6) is 0 Å². The van der Waals surface area contributed by atoms with E-state index in [4.69, 9.17) is 4.74 Å². The largest absolute Gasteiger partial charge is 0.451 e. The van der Waals surface area contributed by atoms with Crippen LogP contribution in [0.15, 0.2) is 41.4 Å². The Balaban J connectivity index is 1.57. The molecular weight excluding hydrogens is 382 g/mol. The van der Waals surface area contributed by atoms with Crippen molar-refractivity contribution in [2.75, 3.05) is 32.8 Å². The van der Waals surface area contributed by atoms with Crippen LogP contribution in [0.4, 0.5) is 0 Å². The number of H-pyrrole nitrogens is 1. The number of sulfonamides is 1. The number of carbonyl (C=O) groups is 2. The average Bonchev–Trinajstić information content (AvgIpc) is 3.22. The number of aromatic amines is 1. The van der Waals surface area contributed by atoms with Gasteiger partial charge in [0.25, 0.3) is 5.91 Å². The second kappa shape index (κ2) is 8.15. The minimum Gasteiger partial charge on any atom is -0.451 e. The second-order valence-electron chi connectivity index (χ2n) is 6.71. The van der Waals surface area contributed by atoms with Crippen LogP contribution in [-0.4, -0.2) is 67.3 Å². The third kappa shape index (κ3) is 4.26. The Morgan fingerprint density at radius 1 is 1.11 bits per heavy atom. The summed E-state index contributed by atoms with van der Waals surface area (Å²) in [5, 5.41) is 0. The number of esters is 1. The smallest absolute Gasteiger partial charge is 0.355 e. The molecule has 1 aliphatic heterocycles. The van der Waals surface area contributed by atoms with Crippen LogP contribution in [0.25, 0.3) is 0 Å². The highest BCUT2D eigenvalue weighted by Gasteiger charge is 2.31. The van der Waals surface area contributed by atoms with Crippen LogP contribution >= 0.6 is 0 Å². The number of nitrogens with one attached hydrogen (secondary N) is 1. The molecule has 0 spiro atoms. The number of nitrogens with zero attached hydrogens (tertiary/aromatic N) is 2. The third-order valence-corrected chi connectivity index (χ3v) is 6.74. The Hall–Kier alpha value is -2.65. The van der Waals surface area contributed by atoms with E-state index < -0.39 is 16.0 Å². The molecule has 3 rings (SSSR count). The molecule has 0 atom stereocenters. The number of amides is 1. The molecule has 0 unspecified atom stereocenters. The van der Waals surface area contributed by atoms with Crippen molar-refractivity contribution in [3.63, 3.8) is 0 Å². The van der Waals surface area contributed by atoms with Gasteiger partial charge in [-0.3, -0.25) is 4.79 Å². The third-order valence-electron chi connectivity index (χ3n) is 4.70. The van der Waals surface area contributed by atoms with Gasteiger partial charge in [0.15, 0.2) is 6.61 Å². The number of hydrogen-bond donors (Lipinski definition) is 1. The molecule has 1 aliphatic rings. The van der Waals surface area contributed by atoms with Crippen molar-refractivity contribution in [3.05, 3.63) is 53.3 Å². The van der Waals surface area contributed by atoms with Gasteiger partial charge in [0.05, 0.1) is 4.90 Å². The maximum Gasteiger partial charge on any atom is 0.355 e. The first-order chi connectivity index (χ1) is 13.3. The molecule has 150 valence electrons. The zero-order valence-electron chi connectivity index (χ0n) is 15.8. The highest BCUT2D eigenvalue weighted by molar-refractivity contribution is 7.89. The fourth-order valence-electron chi connectivity index (χ4n) is 3.06. The summed E-state index contributed by atoms with van der Waals surface area (Å²) in [6.07, 6.45) is 1.59. The van der Waals surface area contributed by atoms with Crippen LogP contribution in [-0.2, 0) is 19.6 Å². The van der Waals surface area contributed by atoms with Gasteiger partial charge < -0.3 is 14.6 Å². The fraction of sp³-hybridized carbons (Fsp3) is 0.368. The number of benzene rings is 1. The Morgan fingerprint density at radius 2 is 1.82 bits per heavy atom. The normalized spacial score (nSPS) is 15.4. The van der Waals surface area contributed by atoms with Gasteiger partial charge in [0.2, 0.25) is 10.0 Å². The summed E-state index contributed by atoms with van der Waals surface area (Å²) in [4.78, 5) is 28.6. The molecule has 1 amide bonds. The maximum absolute atomic E-state index is 12.9. The van der Waals surface area contributed by atoms with Crippen molar-refractivity contribution in [1.29, 1.82) is 0 Å². The number of aromatic nitrogens is 1. The van der Waals surface area contributed by atoms with Crippen molar-refractivity contribution >= 4 is 21.9 Å². The Labute approximate surface area is 164 Å². The summed E-state index contributed by atoms with van der Waals surface area (Å²) in [5.41, 5.74) is 1.85. The number of carbonyl (C=O) groups excluding carboxylic acids is 2. The predicted molar refractivity (Wildman–Crippen MR) is 102 cm³/mol. The van der Waals surface area contributed by atoms with E-state index in [1.54, 1.807) is 37.4 Å². The van der Waals surface area contributed by atoms with Crippen molar-refractivity contribution in [3.8, 4) is 0 Å². The highest BCUT2D eigenvalue weighted by atomic mass is 32.2. The first-order valence-electron chi connectivity index (χ1n) is 8.95. The van der Waals surface area contributed by atoms with Gasteiger partial charge in [0, 0.05) is 32.4 Å². The van der Waals surface area contributed by atoms with Crippen LogP contribution in [0.1, 0.15) is 21.6 Å². The monoisotopic (exact) mass is 405 g/mol. The summed E-state index contributed by atoms with van der Waals surface area (Å²) in [5.74, 6) is -0.946. The molecule has 2 heterocycles. The zero-order valence-corrected chi connectivity index (χ0v) is 16.7. The molecule has 0 bridgehead atoms. The topological polar surface area (TPSA) is 99.8 Å². The molecule has 0 aliphatic carbocycles. The number of hydrogen-bond acceptors (Lipinski definition) is 5. The van der Waals surface area contributed by atoms with Crippen molar-refractivity contribution < 1.29 is 22.7 Å². The van der Waals surface area contributed by atoms with Gasteiger partial charge in [0.1, 0.15) is 5.69 Å². The lowest BCUT2D eigenvalue weighted by Crippen LogP contribution is -2.51. The van der Waals surface area contributed by atoms with Gasteiger partial charge in [-0.2, -0.15) is 4.31 Å². The minimum atomic E-state index is -3.61. The van der Waals surface area contributed by atoms with Gasteiger partial charge in [-0.25, -0.2) is 13.2 Å². The molecule has 0 saturated carbocycles. The molecule has 8 nitrogen and oxygen atoms in total. The van der Waals surface area contributed by atoms with Crippen LogP contribution in [0.3, 0.4) is 0 Å². The molecule has 1 aromatic carbocycles. The summed E-state index contributed by atoms with van der Waals surface area (Å²) in [7, 11) is -3.61. The number of piperazine rings is 1. The molecule has 2 aromatic rings. The quantitative estimate of drug-likeness (QED) is 0.757. The van der Waals surface area contributed by atoms with E-state index in [1.807, 2.05) is 13.0 Å². The molecule has 9 heteroatoms. The highest BCUT2D eigenvalue weighted by Crippen LogP contribution is 2.22. The lowest BCUT2D eigenvalue weighted by atomic mass is 10.2. The van der Waals surface area contributed by atoms with Crippen molar-refractivity contribution in [2.45, 2.75) is 18.7 Å². The van der Waals surface area contributed by atoms with E-state index in [9.17, 15) is 18.0 Å². The summed E-state index contributed by atoms with van der Waals surface area (Å²) < 4.78 is 32.3. The van der Waals surface area contributed by atoms with E-state index in [2.05, 4.69) is 4.98 Å². The number of aryl methyl sites for hydroxylation is 2. The molecule has 1 N–H and O–H groups in total. The molecule has 1 saturated heterocycles. The average molecular weight is 405 g/mol.